The van der Waals surface area contributed by atoms with Gasteiger partial charge in [0.1, 0.15) is 0 Å². The van der Waals surface area contributed by atoms with Gasteiger partial charge < -0.3 is 5.32 Å². The number of nitrogens with one attached hydrogen (secondary N) is 1. The fourth-order valence-corrected chi connectivity index (χ4v) is 2.85. The molecule has 3 heteroatoms. The molecule has 0 aliphatic heterocycles. The minimum Gasteiger partial charge on any atom is -0.314 e. The fraction of sp³-hybridized carbons (Fsp3) is 1.00. The van der Waals surface area contributed by atoms with E-state index in [1.807, 2.05) is 0 Å². The topological polar surface area (TPSA) is 12.0 Å². The van der Waals surface area contributed by atoms with E-state index in [4.69, 9.17) is 0 Å². The van der Waals surface area contributed by atoms with E-state index in [1.54, 1.807) is 0 Å². The van der Waals surface area contributed by atoms with Crippen LogP contribution in [0.4, 0.5) is 8.78 Å². The van der Waals surface area contributed by atoms with E-state index in [0.717, 1.165) is 13.0 Å². The summed E-state index contributed by atoms with van der Waals surface area (Å²) >= 11 is 0. The molecular weight excluding hydrogens is 220 g/mol. The molecule has 0 aromatic rings. The van der Waals surface area contributed by atoms with E-state index in [1.165, 1.54) is 19.3 Å². The first-order valence-corrected chi connectivity index (χ1v) is 7.20. The smallest absolute Gasteiger partial charge is 0.248 e. The first kappa shape index (κ1) is 14.9. The number of hydrogen-bond donors (Lipinski definition) is 1. The number of alkyl halides is 2. The summed E-state index contributed by atoms with van der Waals surface area (Å²) in [4.78, 5) is 0. The molecule has 0 heterocycles. The van der Waals surface area contributed by atoms with Crippen molar-refractivity contribution in [1.29, 1.82) is 0 Å². The van der Waals surface area contributed by atoms with Crippen LogP contribution in [-0.2, 0) is 0 Å². The summed E-state index contributed by atoms with van der Waals surface area (Å²) in [5, 5.41) is 3.49. The van der Waals surface area contributed by atoms with Gasteiger partial charge in [0.05, 0.1) is 0 Å². The molecule has 1 unspecified atom stereocenters. The van der Waals surface area contributed by atoms with Crippen molar-refractivity contribution in [3.8, 4) is 0 Å². The predicted molar refractivity (Wildman–Crippen MR) is 68.5 cm³/mol. The molecule has 1 aliphatic carbocycles. The number of rotatable bonds is 7. The van der Waals surface area contributed by atoms with Crippen molar-refractivity contribution in [3.63, 3.8) is 0 Å². The normalized spacial score (nSPS) is 22.6. The molecule has 0 aromatic heterocycles. The van der Waals surface area contributed by atoms with E-state index in [0.29, 0.717) is 24.8 Å². The second-order valence-corrected chi connectivity index (χ2v) is 5.35. The highest BCUT2D eigenvalue weighted by molar-refractivity contribution is 4.84. The Balaban J connectivity index is 2.36. The quantitative estimate of drug-likeness (QED) is 0.659. The molecule has 102 valence electrons. The Bertz CT molecular complexity index is 196. The molecule has 0 aromatic carbocycles. The average Bonchev–Trinajstić information content (AvgIpc) is 2.28. The first-order valence-electron chi connectivity index (χ1n) is 7.20. The van der Waals surface area contributed by atoms with Gasteiger partial charge in [0.15, 0.2) is 0 Å². The third-order valence-corrected chi connectivity index (χ3v) is 3.92. The lowest BCUT2D eigenvalue weighted by Gasteiger charge is -2.34. The van der Waals surface area contributed by atoms with Crippen LogP contribution in [0.1, 0.15) is 65.2 Å². The largest absolute Gasteiger partial charge is 0.314 e. The van der Waals surface area contributed by atoms with Gasteiger partial charge in [0.2, 0.25) is 5.92 Å². The fourth-order valence-electron chi connectivity index (χ4n) is 2.85. The van der Waals surface area contributed by atoms with Crippen LogP contribution in [0.15, 0.2) is 0 Å². The first-order chi connectivity index (χ1) is 8.09. The number of unbranched alkanes of at least 4 members (excludes halogenated alkanes) is 2. The van der Waals surface area contributed by atoms with Crippen molar-refractivity contribution >= 4 is 0 Å². The van der Waals surface area contributed by atoms with Gasteiger partial charge >= 0.3 is 0 Å². The maximum absolute atomic E-state index is 13.1. The lowest BCUT2D eigenvalue weighted by Crippen LogP contribution is -2.39. The molecular formula is C14H27F2N. The van der Waals surface area contributed by atoms with Gasteiger partial charge in [-0.15, -0.1) is 0 Å². The van der Waals surface area contributed by atoms with Crippen LogP contribution >= 0.6 is 0 Å². The second-order valence-electron chi connectivity index (χ2n) is 5.35. The SMILES string of the molecule is CCCCCC(NCC)C1CCC(F)(F)CC1. The molecule has 17 heavy (non-hydrogen) atoms. The Kier molecular flexibility index (Phi) is 6.39. The summed E-state index contributed by atoms with van der Waals surface area (Å²) in [5.74, 6) is -1.93. The standard InChI is InChI=1S/C14H27F2N/c1-3-5-6-7-13(17-4-2)12-8-10-14(15,16)11-9-12/h12-13,17H,3-11H2,1-2H3. The summed E-state index contributed by atoms with van der Waals surface area (Å²) in [5.41, 5.74) is 0. The van der Waals surface area contributed by atoms with E-state index >= 15 is 0 Å². The molecule has 0 amide bonds. The monoisotopic (exact) mass is 247 g/mol. The lowest BCUT2D eigenvalue weighted by atomic mass is 9.80. The molecule has 0 spiro atoms. The second kappa shape index (κ2) is 7.30. The number of halogens is 2. The van der Waals surface area contributed by atoms with Crippen molar-refractivity contribution in [2.45, 2.75) is 77.2 Å². The highest BCUT2D eigenvalue weighted by Gasteiger charge is 2.37. The van der Waals surface area contributed by atoms with Gasteiger partial charge in [0, 0.05) is 18.9 Å². The van der Waals surface area contributed by atoms with E-state index in [-0.39, 0.29) is 12.8 Å². The molecule has 0 saturated heterocycles. The molecule has 1 atom stereocenters. The Morgan fingerprint density at radius 2 is 1.82 bits per heavy atom. The maximum Gasteiger partial charge on any atom is 0.248 e. The minimum absolute atomic E-state index is 0.0906. The van der Waals surface area contributed by atoms with E-state index < -0.39 is 5.92 Å². The zero-order valence-electron chi connectivity index (χ0n) is 11.3. The average molecular weight is 247 g/mol. The third-order valence-electron chi connectivity index (χ3n) is 3.92. The minimum atomic E-state index is -2.39. The van der Waals surface area contributed by atoms with Gasteiger partial charge in [0.25, 0.3) is 0 Å². The summed E-state index contributed by atoms with van der Waals surface area (Å²) in [6, 6.07) is 0.461. The van der Waals surface area contributed by atoms with Crippen LogP contribution in [0.3, 0.4) is 0 Å². The highest BCUT2D eigenvalue weighted by atomic mass is 19.3. The van der Waals surface area contributed by atoms with Gasteiger partial charge in [-0.3, -0.25) is 0 Å². The van der Waals surface area contributed by atoms with Crippen molar-refractivity contribution in [2.24, 2.45) is 5.92 Å². The third kappa shape index (κ3) is 5.33. The Labute approximate surface area is 104 Å². The van der Waals surface area contributed by atoms with Gasteiger partial charge in [-0.1, -0.05) is 33.1 Å². The van der Waals surface area contributed by atoms with Crippen LogP contribution in [-0.4, -0.2) is 18.5 Å². The number of hydrogen-bond acceptors (Lipinski definition) is 1. The molecule has 1 aliphatic rings. The summed E-state index contributed by atoms with van der Waals surface area (Å²) < 4.78 is 26.2. The predicted octanol–water partition coefficient (Wildman–Crippen LogP) is 4.37. The van der Waals surface area contributed by atoms with Crippen LogP contribution in [0.5, 0.6) is 0 Å². The highest BCUT2D eigenvalue weighted by Crippen LogP contribution is 2.38. The zero-order chi connectivity index (χ0) is 12.7. The van der Waals surface area contributed by atoms with Gasteiger partial charge in [-0.2, -0.15) is 0 Å². The van der Waals surface area contributed by atoms with E-state index in [9.17, 15) is 8.78 Å². The van der Waals surface area contributed by atoms with E-state index in [2.05, 4.69) is 19.2 Å². The zero-order valence-corrected chi connectivity index (χ0v) is 11.3. The summed E-state index contributed by atoms with van der Waals surface area (Å²) in [7, 11) is 0. The van der Waals surface area contributed by atoms with Gasteiger partial charge in [-0.25, -0.2) is 8.78 Å². The molecule has 1 saturated carbocycles. The molecule has 0 bridgehead atoms. The Hall–Kier alpha value is -0.180. The van der Waals surface area contributed by atoms with Crippen molar-refractivity contribution < 1.29 is 8.78 Å². The summed E-state index contributed by atoms with van der Waals surface area (Å²) in [6.45, 7) is 5.25. The van der Waals surface area contributed by atoms with Crippen LogP contribution in [0.25, 0.3) is 0 Å². The Morgan fingerprint density at radius 3 is 2.35 bits per heavy atom. The van der Waals surface area contributed by atoms with Crippen molar-refractivity contribution in [3.05, 3.63) is 0 Å². The van der Waals surface area contributed by atoms with Crippen LogP contribution in [0, 0.1) is 5.92 Å². The molecule has 0 radical (unpaired) electrons. The van der Waals surface area contributed by atoms with Crippen molar-refractivity contribution in [1.82, 2.24) is 5.32 Å². The van der Waals surface area contributed by atoms with Crippen LogP contribution < -0.4 is 5.32 Å². The van der Waals surface area contributed by atoms with Gasteiger partial charge in [-0.05, 0) is 31.7 Å². The summed E-state index contributed by atoms with van der Waals surface area (Å²) in [6.07, 6.45) is 6.42. The molecule has 1 nitrogen and oxygen atoms in total. The molecule has 1 rings (SSSR count). The molecule has 1 N–H and O–H groups in total. The Morgan fingerprint density at radius 1 is 1.18 bits per heavy atom. The lowest BCUT2D eigenvalue weighted by molar-refractivity contribution is -0.0498. The molecule has 1 fully saturated rings. The maximum atomic E-state index is 13.1. The van der Waals surface area contributed by atoms with Crippen molar-refractivity contribution in [2.75, 3.05) is 6.54 Å². The van der Waals surface area contributed by atoms with Crippen LogP contribution in [0.2, 0.25) is 0 Å².